The Labute approximate surface area is 210 Å². The van der Waals surface area contributed by atoms with E-state index < -0.39 is 0 Å². The van der Waals surface area contributed by atoms with Gasteiger partial charge in [-0.2, -0.15) is 0 Å². The number of nitrogens with one attached hydrogen (secondary N) is 1. The minimum Gasteiger partial charge on any atom is -0.367 e. The highest BCUT2D eigenvalue weighted by Gasteiger charge is 2.44. The van der Waals surface area contributed by atoms with Gasteiger partial charge in [0.2, 0.25) is 0 Å². The van der Waals surface area contributed by atoms with Gasteiger partial charge in [0.1, 0.15) is 0 Å². The number of ether oxygens (including phenoxy) is 1. The molecule has 2 atom stereocenters. The third-order valence-corrected chi connectivity index (χ3v) is 8.44. The second-order valence-corrected chi connectivity index (χ2v) is 10.8. The Bertz CT molecular complexity index is 963. The molecule has 1 aromatic heterocycles. The van der Waals surface area contributed by atoms with E-state index in [4.69, 9.17) is 4.74 Å². The smallest absolute Gasteiger partial charge is 0.253 e. The number of carbonyl (C=O) groups excluding carboxylic acids is 1. The van der Waals surface area contributed by atoms with Gasteiger partial charge in [0.15, 0.2) is 0 Å². The minimum atomic E-state index is -0.161. The summed E-state index contributed by atoms with van der Waals surface area (Å²) in [5.41, 5.74) is 3.01. The molecule has 0 radical (unpaired) electrons. The SMILES string of the molecule is CCNC1CC(c2ccccc2)OC2(CCN(C(=O)c3ccnc(C4CCCCCC4)c3)CC2)C1. The number of aromatic nitrogens is 1. The zero-order chi connectivity index (χ0) is 24.1. The standard InChI is InChI=1S/C30H41N3O2/c1-2-31-26-21-28(24-12-8-5-9-13-24)35-30(22-26)15-18-33(19-16-30)29(34)25-14-17-32-27(20-25)23-10-6-3-4-7-11-23/h5,8-9,12-14,17,20,23,26,28,31H,2-4,6-7,10-11,15-16,18-19,21-22H2,1H3. The molecule has 1 aliphatic carbocycles. The van der Waals surface area contributed by atoms with Crippen LogP contribution in [0.25, 0.3) is 0 Å². The van der Waals surface area contributed by atoms with Crippen LogP contribution in [0.5, 0.6) is 0 Å². The van der Waals surface area contributed by atoms with E-state index in [0.717, 1.165) is 56.6 Å². The molecule has 2 aliphatic heterocycles. The predicted octanol–water partition coefficient (Wildman–Crippen LogP) is 6.02. The van der Waals surface area contributed by atoms with Crippen molar-refractivity contribution in [3.05, 3.63) is 65.5 Å². The average molecular weight is 476 g/mol. The Morgan fingerprint density at radius 1 is 1.09 bits per heavy atom. The summed E-state index contributed by atoms with van der Waals surface area (Å²) in [7, 11) is 0. The maximum atomic E-state index is 13.5. The highest BCUT2D eigenvalue weighted by molar-refractivity contribution is 5.94. The summed E-state index contributed by atoms with van der Waals surface area (Å²) in [6, 6.07) is 15.0. The fourth-order valence-electron chi connectivity index (χ4n) is 6.51. The van der Waals surface area contributed by atoms with E-state index in [1.165, 1.54) is 44.1 Å². The lowest BCUT2D eigenvalue weighted by Gasteiger charge is -2.49. The molecule has 3 fully saturated rings. The lowest BCUT2D eigenvalue weighted by molar-refractivity contribution is -0.160. The fourth-order valence-corrected chi connectivity index (χ4v) is 6.51. The number of carbonyl (C=O) groups is 1. The van der Waals surface area contributed by atoms with Gasteiger partial charge in [-0.3, -0.25) is 9.78 Å². The van der Waals surface area contributed by atoms with Gasteiger partial charge in [-0.15, -0.1) is 0 Å². The number of amides is 1. The van der Waals surface area contributed by atoms with Crippen LogP contribution in [0.3, 0.4) is 0 Å². The largest absolute Gasteiger partial charge is 0.367 e. The Hall–Kier alpha value is -2.24. The molecule has 1 N–H and O–H groups in total. The van der Waals surface area contributed by atoms with Gasteiger partial charge in [-0.25, -0.2) is 0 Å². The summed E-state index contributed by atoms with van der Waals surface area (Å²) in [6.45, 7) is 4.65. The molecule has 188 valence electrons. The molecule has 5 heteroatoms. The van der Waals surface area contributed by atoms with Crippen LogP contribution in [0.1, 0.15) is 105 Å². The number of benzene rings is 1. The van der Waals surface area contributed by atoms with E-state index in [0.29, 0.717) is 12.0 Å². The molecule has 0 bridgehead atoms. The second kappa shape index (κ2) is 11.2. The van der Waals surface area contributed by atoms with Crippen LogP contribution in [0.2, 0.25) is 0 Å². The monoisotopic (exact) mass is 475 g/mol. The molecular formula is C30H41N3O2. The van der Waals surface area contributed by atoms with Crippen molar-refractivity contribution in [3.8, 4) is 0 Å². The van der Waals surface area contributed by atoms with Gasteiger partial charge >= 0.3 is 0 Å². The average Bonchev–Trinajstić information content (AvgIpc) is 3.19. The highest BCUT2D eigenvalue weighted by atomic mass is 16.5. The molecule has 35 heavy (non-hydrogen) atoms. The Kier molecular flexibility index (Phi) is 7.84. The highest BCUT2D eigenvalue weighted by Crippen LogP contribution is 2.43. The Morgan fingerprint density at radius 2 is 1.83 bits per heavy atom. The van der Waals surface area contributed by atoms with Crippen molar-refractivity contribution < 1.29 is 9.53 Å². The van der Waals surface area contributed by atoms with Gasteiger partial charge in [0, 0.05) is 42.5 Å². The van der Waals surface area contributed by atoms with Crippen molar-refractivity contribution in [2.45, 2.75) is 94.8 Å². The topological polar surface area (TPSA) is 54.5 Å². The third-order valence-electron chi connectivity index (χ3n) is 8.44. The quantitative estimate of drug-likeness (QED) is 0.537. The normalized spacial score (nSPS) is 25.3. The summed E-state index contributed by atoms with van der Waals surface area (Å²) < 4.78 is 6.83. The summed E-state index contributed by atoms with van der Waals surface area (Å²) in [6.07, 6.45) is 13.4. The van der Waals surface area contributed by atoms with Crippen molar-refractivity contribution in [1.29, 1.82) is 0 Å². The number of hydrogen-bond acceptors (Lipinski definition) is 4. The first-order valence-electron chi connectivity index (χ1n) is 13.9. The number of likely N-dealkylation sites (tertiary alicyclic amines) is 1. The van der Waals surface area contributed by atoms with Crippen LogP contribution < -0.4 is 5.32 Å². The summed E-state index contributed by atoms with van der Waals surface area (Å²) in [5.74, 6) is 0.652. The first-order chi connectivity index (χ1) is 17.2. The van der Waals surface area contributed by atoms with Gasteiger partial charge in [-0.1, -0.05) is 62.9 Å². The molecule has 1 saturated carbocycles. The number of hydrogen-bond donors (Lipinski definition) is 1. The van der Waals surface area contributed by atoms with E-state index in [-0.39, 0.29) is 17.6 Å². The maximum Gasteiger partial charge on any atom is 0.253 e. The molecule has 2 unspecified atom stereocenters. The lowest BCUT2D eigenvalue weighted by atomic mass is 9.79. The number of pyridine rings is 1. The third kappa shape index (κ3) is 5.78. The van der Waals surface area contributed by atoms with E-state index in [1.807, 2.05) is 17.2 Å². The van der Waals surface area contributed by atoms with Crippen molar-refractivity contribution in [2.75, 3.05) is 19.6 Å². The molecule has 3 aliphatic rings. The predicted molar refractivity (Wildman–Crippen MR) is 140 cm³/mol. The van der Waals surface area contributed by atoms with E-state index in [9.17, 15) is 4.79 Å². The second-order valence-electron chi connectivity index (χ2n) is 10.8. The number of piperidine rings is 1. The first kappa shape index (κ1) is 24.5. The van der Waals surface area contributed by atoms with Crippen LogP contribution >= 0.6 is 0 Å². The zero-order valence-electron chi connectivity index (χ0n) is 21.3. The lowest BCUT2D eigenvalue weighted by Crippen LogP contribution is -2.54. The molecule has 3 heterocycles. The Morgan fingerprint density at radius 3 is 2.54 bits per heavy atom. The molecule has 1 spiro atoms. The van der Waals surface area contributed by atoms with Crippen molar-refractivity contribution in [3.63, 3.8) is 0 Å². The number of nitrogens with zero attached hydrogens (tertiary/aromatic N) is 2. The fraction of sp³-hybridized carbons (Fsp3) is 0.600. The first-order valence-corrected chi connectivity index (χ1v) is 13.9. The van der Waals surface area contributed by atoms with Crippen LogP contribution in [-0.4, -0.2) is 47.1 Å². The van der Waals surface area contributed by atoms with Crippen molar-refractivity contribution >= 4 is 5.91 Å². The van der Waals surface area contributed by atoms with Crippen molar-refractivity contribution in [2.24, 2.45) is 0 Å². The molecule has 5 nitrogen and oxygen atoms in total. The van der Waals surface area contributed by atoms with E-state index in [1.54, 1.807) is 0 Å². The molecule has 1 amide bonds. The maximum absolute atomic E-state index is 13.5. The summed E-state index contributed by atoms with van der Waals surface area (Å²) in [5, 5.41) is 3.69. The van der Waals surface area contributed by atoms with Gasteiger partial charge in [-0.05, 0) is 62.8 Å². The molecule has 2 aromatic rings. The van der Waals surface area contributed by atoms with Crippen LogP contribution in [0.4, 0.5) is 0 Å². The molecular weight excluding hydrogens is 434 g/mol. The van der Waals surface area contributed by atoms with Crippen molar-refractivity contribution in [1.82, 2.24) is 15.2 Å². The molecule has 1 aromatic carbocycles. The van der Waals surface area contributed by atoms with Gasteiger partial charge in [0.05, 0.1) is 11.7 Å². The van der Waals surface area contributed by atoms with Crippen LogP contribution in [-0.2, 0) is 4.74 Å². The van der Waals surface area contributed by atoms with Crippen LogP contribution in [0.15, 0.2) is 48.7 Å². The minimum absolute atomic E-state index is 0.110. The van der Waals surface area contributed by atoms with E-state index in [2.05, 4.69) is 53.6 Å². The zero-order valence-corrected chi connectivity index (χ0v) is 21.3. The van der Waals surface area contributed by atoms with Gasteiger partial charge in [0.25, 0.3) is 5.91 Å². The van der Waals surface area contributed by atoms with Crippen LogP contribution in [0, 0.1) is 0 Å². The molecule has 5 rings (SSSR count). The number of rotatable bonds is 5. The Balaban J connectivity index is 1.26. The summed E-state index contributed by atoms with van der Waals surface area (Å²) >= 11 is 0. The summed E-state index contributed by atoms with van der Waals surface area (Å²) in [4.78, 5) is 20.2. The van der Waals surface area contributed by atoms with E-state index >= 15 is 0 Å². The van der Waals surface area contributed by atoms with Gasteiger partial charge < -0.3 is 15.0 Å². The molecule has 2 saturated heterocycles.